The molecule has 2 aliphatic heterocycles. The smallest absolute Gasteiger partial charge is 0.191 e. The van der Waals surface area contributed by atoms with Crippen molar-refractivity contribution >= 4 is 17.7 Å². The van der Waals surface area contributed by atoms with Crippen molar-refractivity contribution in [1.82, 2.24) is 20.4 Å². The Morgan fingerprint density at radius 3 is 2.86 bits per heavy atom. The molecule has 2 saturated heterocycles. The van der Waals surface area contributed by atoms with Gasteiger partial charge in [-0.1, -0.05) is 0 Å². The van der Waals surface area contributed by atoms with Crippen molar-refractivity contribution < 1.29 is 0 Å². The van der Waals surface area contributed by atoms with Crippen LogP contribution in [0.15, 0.2) is 4.99 Å². The highest BCUT2D eigenvalue weighted by molar-refractivity contribution is 8.00. The van der Waals surface area contributed by atoms with Crippen molar-refractivity contribution in [2.24, 2.45) is 4.99 Å². The highest BCUT2D eigenvalue weighted by atomic mass is 32.2. The minimum Gasteiger partial charge on any atom is -0.357 e. The van der Waals surface area contributed by atoms with E-state index in [9.17, 15) is 0 Å². The fourth-order valence-corrected chi connectivity index (χ4v) is 4.05. The Morgan fingerprint density at radius 2 is 2.14 bits per heavy atom. The molecule has 5 nitrogen and oxygen atoms in total. The Morgan fingerprint density at radius 1 is 1.29 bits per heavy atom. The van der Waals surface area contributed by atoms with Crippen LogP contribution < -0.4 is 10.6 Å². The third kappa shape index (κ3) is 5.68. The second-order valence-electron chi connectivity index (χ2n) is 6.13. The maximum atomic E-state index is 4.80. The van der Waals surface area contributed by atoms with Crippen molar-refractivity contribution in [3.8, 4) is 0 Å². The zero-order chi connectivity index (χ0) is 15.1. The number of nitrogens with zero attached hydrogens (tertiary/aromatic N) is 3. The van der Waals surface area contributed by atoms with Crippen LogP contribution in [-0.4, -0.2) is 86.2 Å². The van der Waals surface area contributed by atoms with E-state index in [1.165, 1.54) is 18.6 Å². The maximum absolute atomic E-state index is 4.80. The summed E-state index contributed by atoms with van der Waals surface area (Å²) in [5.74, 6) is 2.30. The molecule has 0 aromatic carbocycles. The van der Waals surface area contributed by atoms with E-state index in [1.54, 1.807) is 0 Å². The first kappa shape index (κ1) is 16.9. The molecule has 2 aliphatic rings. The Labute approximate surface area is 133 Å². The van der Waals surface area contributed by atoms with Crippen LogP contribution in [0.4, 0.5) is 0 Å². The number of nitrogens with one attached hydrogen (secondary N) is 2. The zero-order valence-electron chi connectivity index (χ0n) is 13.8. The summed E-state index contributed by atoms with van der Waals surface area (Å²) in [7, 11) is 4.41. The molecule has 21 heavy (non-hydrogen) atoms. The lowest BCUT2D eigenvalue weighted by Gasteiger charge is -2.36. The molecule has 0 aromatic rings. The lowest BCUT2D eigenvalue weighted by Crippen LogP contribution is -2.51. The van der Waals surface area contributed by atoms with Gasteiger partial charge in [-0.05, 0) is 39.6 Å². The molecule has 6 heteroatoms. The van der Waals surface area contributed by atoms with Crippen molar-refractivity contribution in [3.63, 3.8) is 0 Å². The summed E-state index contributed by atoms with van der Waals surface area (Å²) in [6.07, 6.45) is 2.71. The summed E-state index contributed by atoms with van der Waals surface area (Å²) in [6, 6.07) is 0.528. The van der Waals surface area contributed by atoms with Gasteiger partial charge in [-0.15, -0.1) is 0 Å². The number of thioether (sulfide) groups is 1. The molecule has 0 saturated carbocycles. The molecule has 2 N–H and O–H groups in total. The third-order valence-corrected chi connectivity index (χ3v) is 5.70. The summed E-state index contributed by atoms with van der Waals surface area (Å²) in [6.45, 7) is 8.36. The van der Waals surface area contributed by atoms with Gasteiger partial charge in [0.25, 0.3) is 0 Å². The molecule has 122 valence electrons. The predicted molar refractivity (Wildman–Crippen MR) is 93.4 cm³/mol. The van der Waals surface area contributed by atoms with E-state index in [0.29, 0.717) is 6.04 Å². The van der Waals surface area contributed by atoms with E-state index >= 15 is 0 Å². The maximum Gasteiger partial charge on any atom is 0.191 e. The van der Waals surface area contributed by atoms with Crippen LogP contribution in [0, 0.1) is 0 Å². The van der Waals surface area contributed by atoms with Crippen LogP contribution in [-0.2, 0) is 0 Å². The average molecular weight is 314 g/mol. The molecule has 2 atom stereocenters. The van der Waals surface area contributed by atoms with Gasteiger partial charge in [0.1, 0.15) is 0 Å². The number of guanidine groups is 1. The predicted octanol–water partition coefficient (Wildman–Crippen LogP) is 0.683. The van der Waals surface area contributed by atoms with Crippen LogP contribution in [0.25, 0.3) is 0 Å². The third-order valence-electron chi connectivity index (χ3n) is 4.31. The number of rotatable bonds is 5. The fraction of sp³-hybridized carbons (Fsp3) is 0.933. The van der Waals surface area contributed by atoms with Gasteiger partial charge < -0.3 is 15.5 Å². The molecular weight excluding hydrogens is 282 g/mol. The second-order valence-corrected chi connectivity index (χ2v) is 7.54. The van der Waals surface area contributed by atoms with E-state index in [2.05, 4.69) is 53.2 Å². The first-order chi connectivity index (χ1) is 10.2. The first-order valence-electron chi connectivity index (χ1n) is 8.21. The van der Waals surface area contributed by atoms with Gasteiger partial charge >= 0.3 is 0 Å². The van der Waals surface area contributed by atoms with Crippen molar-refractivity contribution in [3.05, 3.63) is 0 Å². The standard InChI is InChI=1S/C15H31N5S/c1-4-16-15(18-11-14-6-5-9-21-14)17-10-13-12-19(2)7-8-20(13)3/h13-14H,4-12H2,1-3H3,(H2,16,17,18). The van der Waals surface area contributed by atoms with E-state index in [-0.39, 0.29) is 0 Å². The van der Waals surface area contributed by atoms with Crippen LogP contribution in [0.5, 0.6) is 0 Å². The van der Waals surface area contributed by atoms with Gasteiger partial charge in [-0.25, -0.2) is 0 Å². The van der Waals surface area contributed by atoms with E-state index in [1.807, 2.05) is 0 Å². The lowest BCUT2D eigenvalue weighted by molar-refractivity contribution is 0.119. The number of hydrogen-bond acceptors (Lipinski definition) is 4. The van der Waals surface area contributed by atoms with Crippen LogP contribution in [0.3, 0.4) is 0 Å². The summed E-state index contributed by atoms with van der Waals surface area (Å²) < 4.78 is 0. The molecule has 2 unspecified atom stereocenters. The van der Waals surface area contributed by atoms with Crippen LogP contribution in [0.1, 0.15) is 19.8 Å². The highest BCUT2D eigenvalue weighted by Crippen LogP contribution is 2.25. The summed E-state index contributed by atoms with van der Waals surface area (Å²) in [5.41, 5.74) is 0. The molecular formula is C15H31N5S. The molecule has 0 aliphatic carbocycles. The van der Waals surface area contributed by atoms with Gasteiger partial charge in [-0.3, -0.25) is 9.89 Å². The number of hydrogen-bond donors (Lipinski definition) is 2. The SMILES string of the molecule is CCNC(=NCC1CN(C)CCN1C)NCC1CCCS1. The van der Waals surface area contributed by atoms with Gasteiger partial charge in [0.15, 0.2) is 5.96 Å². The average Bonchev–Trinajstić information content (AvgIpc) is 2.98. The summed E-state index contributed by atoms with van der Waals surface area (Å²) >= 11 is 2.09. The normalized spacial score (nSPS) is 28.8. The Balaban J connectivity index is 1.80. The molecule has 2 fully saturated rings. The minimum absolute atomic E-state index is 0.528. The fourth-order valence-electron chi connectivity index (χ4n) is 2.85. The monoisotopic (exact) mass is 313 g/mol. The van der Waals surface area contributed by atoms with Gasteiger partial charge in [0.05, 0.1) is 6.54 Å². The van der Waals surface area contributed by atoms with Crippen molar-refractivity contribution in [1.29, 1.82) is 0 Å². The molecule has 2 rings (SSSR count). The summed E-state index contributed by atoms with van der Waals surface area (Å²) in [4.78, 5) is 9.63. The van der Waals surface area contributed by atoms with Crippen LogP contribution in [0.2, 0.25) is 0 Å². The number of piperazine rings is 1. The lowest BCUT2D eigenvalue weighted by atomic mass is 10.2. The topological polar surface area (TPSA) is 42.9 Å². The Hall–Kier alpha value is -0.460. The van der Waals surface area contributed by atoms with E-state index in [0.717, 1.165) is 50.5 Å². The summed E-state index contributed by atoms with van der Waals surface area (Å²) in [5, 5.41) is 7.65. The van der Waals surface area contributed by atoms with Gasteiger partial charge in [0.2, 0.25) is 0 Å². The van der Waals surface area contributed by atoms with Crippen LogP contribution >= 0.6 is 11.8 Å². The molecule has 0 aromatic heterocycles. The Bertz CT molecular complexity index is 330. The highest BCUT2D eigenvalue weighted by Gasteiger charge is 2.22. The molecule has 0 radical (unpaired) electrons. The van der Waals surface area contributed by atoms with Crippen molar-refractivity contribution in [2.75, 3.05) is 59.1 Å². The van der Waals surface area contributed by atoms with E-state index < -0.39 is 0 Å². The van der Waals surface area contributed by atoms with Crippen molar-refractivity contribution in [2.45, 2.75) is 31.1 Å². The largest absolute Gasteiger partial charge is 0.357 e. The molecule has 2 heterocycles. The number of likely N-dealkylation sites (N-methyl/N-ethyl adjacent to an activating group) is 2. The zero-order valence-corrected chi connectivity index (χ0v) is 14.6. The Kier molecular flexibility index (Phi) is 7.13. The minimum atomic E-state index is 0.528. The van der Waals surface area contributed by atoms with Gasteiger partial charge in [0, 0.05) is 44.0 Å². The molecule has 0 amide bonds. The van der Waals surface area contributed by atoms with E-state index in [4.69, 9.17) is 4.99 Å². The first-order valence-corrected chi connectivity index (χ1v) is 9.26. The number of aliphatic imine (C=N–C) groups is 1. The quantitative estimate of drug-likeness (QED) is 0.577. The molecule has 0 bridgehead atoms. The molecule has 0 spiro atoms. The second kappa shape index (κ2) is 8.86. The van der Waals surface area contributed by atoms with Gasteiger partial charge in [-0.2, -0.15) is 11.8 Å².